The fraction of sp³-hybridized carbons (Fsp3) is 0.533. The maximum atomic E-state index is 12.4. The molecule has 5 nitrogen and oxygen atoms in total. The number of rotatable bonds is 18. The first-order valence-electron chi connectivity index (χ1n) is 13.2. The summed E-state index contributed by atoms with van der Waals surface area (Å²) in [4.78, 5) is 26.7. The topological polar surface area (TPSA) is 58.6 Å². The maximum absolute atomic E-state index is 12.4. The first-order chi connectivity index (χ1) is 17.0. The molecule has 0 heterocycles. The van der Waals surface area contributed by atoms with Gasteiger partial charge in [0.2, 0.25) is 5.91 Å². The predicted molar refractivity (Wildman–Crippen MR) is 143 cm³/mol. The van der Waals surface area contributed by atoms with Crippen molar-refractivity contribution in [1.82, 2.24) is 10.2 Å². The lowest BCUT2D eigenvalue weighted by Gasteiger charge is -2.22. The Balaban J connectivity index is 1.52. The molecule has 2 rings (SSSR count). The largest absolute Gasteiger partial charge is 0.461 e. The van der Waals surface area contributed by atoms with Crippen LogP contribution < -0.4 is 5.32 Å². The first kappa shape index (κ1) is 28.6. The van der Waals surface area contributed by atoms with Gasteiger partial charge in [0.1, 0.15) is 6.61 Å². The van der Waals surface area contributed by atoms with Crippen molar-refractivity contribution in [2.45, 2.75) is 83.3 Å². The van der Waals surface area contributed by atoms with Gasteiger partial charge in [0, 0.05) is 13.0 Å². The lowest BCUT2D eigenvalue weighted by atomic mass is 10.0. The quantitative estimate of drug-likeness (QED) is 0.213. The number of amides is 1. The number of carbonyl (C=O) groups excluding carboxylic acids is 2. The molecule has 0 saturated heterocycles. The number of carbonyl (C=O) groups is 2. The maximum Gasteiger partial charge on any atom is 0.308 e. The van der Waals surface area contributed by atoms with Crippen molar-refractivity contribution in [3.05, 3.63) is 71.8 Å². The zero-order chi connectivity index (χ0) is 25.1. The van der Waals surface area contributed by atoms with E-state index in [4.69, 9.17) is 4.74 Å². The second-order valence-electron chi connectivity index (χ2n) is 9.69. The van der Waals surface area contributed by atoms with Gasteiger partial charge in [-0.05, 0) is 44.5 Å². The molecule has 0 aliphatic carbocycles. The van der Waals surface area contributed by atoms with E-state index in [0.29, 0.717) is 13.0 Å². The lowest BCUT2D eigenvalue weighted by molar-refractivity contribution is -0.145. The highest BCUT2D eigenvalue weighted by atomic mass is 16.5. The van der Waals surface area contributed by atoms with Crippen LogP contribution >= 0.6 is 0 Å². The fourth-order valence-electron chi connectivity index (χ4n) is 4.22. The molecule has 0 fully saturated rings. The summed E-state index contributed by atoms with van der Waals surface area (Å²) in [7, 11) is 3.88. The average molecular weight is 481 g/mol. The van der Waals surface area contributed by atoms with Gasteiger partial charge in [-0.2, -0.15) is 0 Å². The third kappa shape index (κ3) is 14.4. The molecule has 0 spiro atoms. The van der Waals surface area contributed by atoms with Crippen molar-refractivity contribution < 1.29 is 14.3 Å². The summed E-state index contributed by atoms with van der Waals surface area (Å²) in [6.07, 6.45) is 11.4. The van der Waals surface area contributed by atoms with Gasteiger partial charge in [0.15, 0.2) is 0 Å². The minimum Gasteiger partial charge on any atom is -0.461 e. The van der Waals surface area contributed by atoms with Crippen molar-refractivity contribution in [3.63, 3.8) is 0 Å². The molecule has 5 heteroatoms. The Labute approximate surface area is 212 Å². The summed E-state index contributed by atoms with van der Waals surface area (Å²) in [5.74, 6) is -0.265. The van der Waals surface area contributed by atoms with Crippen LogP contribution in [-0.4, -0.2) is 43.5 Å². The Kier molecular flexibility index (Phi) is 14.5. The van der Waals surface area contributed by atoms with Crippen LogP contribution in [0.15, 0.2) is 60.7 Å². The van der Waals surface area contributed by atoms with Gasteiger partial charge in [0.05, 0.1) is 12.5 Å². The van der Waals surface area contributed by atoms with Crippen molar-refractivity contribution in [2.75, 3.05) is 20.6 Å². The number of nitrogens with one attached hydrogen (secondary N) is 1. The number of likely N-dealkylation sites (N-methyl/N-ethyl adjacent to an activating group) is 1. The van der Waals surface area contributed by atoms with E-state index in [1.165, 1.54) is 50.5 Å². The van der Waals surface area contributed by atoms with E-state index < -0.39 is 0 Å². The van der Waals surface area contributed by atoms with E-state index in [1.807, 2.05) is 49.3 Å². The number of nitrogens with zero attached hydrogens (tertiary/aromatic N) is 1. The van der Waals surface area contributed by atoms with Crippen LogP contribution in [0.25, 0.3) is 0 Å². The van der Waals surface area contributed by atoms with E-state index >= 15 is 0 Å². The summed E-state index contributed by atoms with van der Waals surface area (Å²) < 4.78 is 5.40. The normalized spacial score (nSPS) is 11.9. The molecule has 1 unspecified atom stereocenters. The minimum absolute atomic E-state index is 0.0219. The Bertz CT molecular complexity index is 824. The zero-order valence-electron chi connectivity index (χ0n) is 21.7. The number of hydrogen-bond acceptors (Lipinski definition) is 4. The van der Waals surface area contributed by atoms with Crippen LogP contribution in [0.4, 0.5) is 0 Å². The number of unbranched alkanes of at least 4 members (excludes halogenated alkanes) is 7. The molecule has 0 bridgehead atoms. The minimum atomic E-state index is -0.287. The van der Waals surface area contributed by atoms with E-state index in [9.17, 15) is 9.59 Å². The molecule has 0 saturated carbocycles. The van der Waals surface area contributed by atoms with Gasteiger partial charge in [-0.25, -0.2) is 0 Å². The molecule has 1 amide bonds. The Hall–Kier alpha value is -2.66. The molecule has 0 aliphatic rings. The van der Waals surface area contributed by atoms with Crippen LogP contribution in [0.5, 0.6) is 0 Å². The van der Waals surface area contributed by atoms with Gasteiger partial charge < -0.3 is 15.0 Å². The van der Waals surface area contributed by atoms with E-state index in [2.05, 4.69) is 35.6 Å². The lowest BCUT2D eigenvalue weighted by Crippen LogP contribution is -2.43. The van der Waals surface area contributed by atoms with Crippen molar-refractivity contribution in [1.29, 1.82) is 0 Å². The van der Waals surface area contributed by atoms with Gasteiger partial charge >= 0.3 is 5.97 Å². The summed E-state index contributed by atoms with van der Waals surface area (Å²) in [6.45, 7) is 0.867. The molecule has 2 aromatic rings. The summed E-state index contributed by atoms with van der Waals surface area (Å²) >= 11 is 0. The van der Waals surface area contributed by atoms with Gasteiger partial charge in [-0.15, -0.1) is 0 Å². The summed E-state index contributed by atoms with van der Waals surface area (Å²) in [5.41, 5.74) is 2.39. The Morgan fingerprint density at radius 3 is 1.91 bits per heavy atom. The first-order valence-corrected chi connectivity index (χ1v) is 13.2. The molecule has 0 aromatic heterocycles. The van der Waals surface area contributed by atoms with E-state index in [-0.39, 0.29) is 30.9 Å². The number of benzene rings is 2. The van der Waals surface area contributed by atoms with Gasteiger partial charge in [0.25, 0.3) is 0 Å². The van der Waals surface area contributed by atoms with E-state index in [1.54, 1.807) is 0 Å². The fourth-order valence-corrected chi connectivity index (χ4v) is 4.22. The molecule has 1 N–H and O–H groups in total. The number of ether oxygens (including phenoxy) is 1. The average Bonchev–Trinajstić information content (AvgIpc) is 2.84. The molecule has 0 aliphatic heterocycles. The van der Waals surface area contributed by atoms with Crippen molar-refractivity contribution >= 4 is 11.9 Å². The molecule has 0 radical (unpaired) electrons. The molecular formula is C30H44N2O3. The van der Waals surface area contributed by atoms with Crippen LogP contribution in [0.2, 0.25) is 0 Å². The standard InChI is InChI=1S/C30H44N2O3/c1-32(2)24-28(23-30(34)35-25-27-20-14-10-15-21-27)31-29(33)22-16-8-6-4-3-5-7-11-17-26-18-12-9-13-19-26/h9-10,12-15,18-21,28H,3-8,11,16-17,22-25H2,1-2H3,(H,31,33). The predicted octanol–water partition coefficient (Wildman–Crippen LogP) is 5.92. The van der Waals surface area contributed by atoms with Crippen molar-refractivity contribution in [3.8, 4) is 0 Å². The smallest absolute Gasteiger partial charge is 0.308 e. The molecule has 192 valence electrons. The molecular weight excluding hydrogens is 436 g/mol. The third-order valence-corrected chi connectivity index (χ3v) is 6.07. The number of hydrogen-bond donors (Lipinski definition) is 1. The summed E-state index contributed by atoms with van der Waals surface area (Å²) in [5, 5.41) is 3.03. The van der Waals surface area contributed by atoms with Crippen LogP contribution in [0.3, 0.4) is 0 Å². The zero-order valence-corrected chi connectivity index (χ0v) is 21.7. The molecule has 35 heavy (non-hydrogen) atoms. The van der Waals surface area contributed by atoms with Crippen LogP contribution in [0, 0.1) is 0 Å². The second-order valence-corrected chi connectivity index (χ2v) is 9.69. The van der Waals surface area contributed by atoms with Crippen LogP contribution in [0.1, 0.15) is 75.3 Å². The summed E-state index contributed by atoms with van der Waals surface area (Å²) in [6, 6.07) is 20.1. The van der Waals surface area contributed by atoms with Crippen molar-refractivity contribution in [2.24, 2.45) is 0 Å². The van der Waals surface area contributed by atoms with Gasteiger partial charge in [-0.3, -0.25) is 9.59 Å². The second kappa shape index (κ2) is 17.7. The molecule has 1 atom stereocenters. The molecule has 2 aromatic carbocycles. The number of aryl methyl sites for hydroxylation is 1. The Morgan fingerprint density at radius 2 is 1.31 bits per heavy atom. The monoisotopic (exact) mass is 480 g/mol. The highest BCUT2D eigenvalue weighted by Crippen LogP contribution is 2.12. The highest BCUT2D eigenvalue weighted by Gasteiger charge is 2.18. The third-order valence-electron chi connectivity index (χ3n) is 6.07. The van der Waals surface area contributed by atoms with Crippen LogP contribution in [-0.2, 0) is 27.4 Å². The highest BCUT2D eigenvalue weighted by molar-refractivity contribution is 5.77. The van der Waals surface area contributed by atoms with Gasteiger partial charge in [-0.1, -0.05) is 99.2 Å². The SMILES string of the molecule is CN(C)CC(CC(=O)OCc1ccccc1)NC(=O)CCCCCCCCCCc1ccccc1. The number of esters is 1. The Morgan fingerprint density at radius 1 is 0.771 bits per heavy atom. The van der Waals surface area contributed by atoms with E-state index in [0.717, 1.165) is 18.4 Å².